The smallest absolute Gasteiger partial charge is 0.229 e. The van der Waals surface area contributed by atoms with Crippen molar-refractivity contribution in [1.29, 1.82) is 0 Å². The molecule has 140 valence electrons. The van der Waals surface area contributed by atoms with Crippen LogP contribution >= 0.6 is 11.3 Å². The van der Waals surface area contributed by atoms with E-state index in [1.54, 1.807) is 0 Å². The van der Waals surface area contributed by atoms with Crippen LogP contribution in [0, 0.1) is 5.92 Å². The van der Waals surface area contributed by atoms with Crippen LogP contribution in [-0.4, -0.2) is 22.3 Å². The molecule has 26 heavy (non-hydrogen) atoms. The topological polar surface area (TPSA) is 45.2 Å². The van der Waals surface area contributed by atoms with Gasteiger partial charge in [0, 0.05) is 30.9 Å². The highest BCUT2D eigenvalue weighted by Crippen LogP contribution is 2.23. The molecule has 1 aliphatic rings. The number of aromatic nitrogens is 1. The molecular weight excluding hydrogens is 342 g/mol. The van der Waals surface area contributed by atoms with Gasteiger partial charge in [0.15, 0.2) is 5.13 Å². The molecule has 0 bridgehead atoms. The third kappa shape index (κ3) is 4.92. The Bertz CT molecular complexity index is 722. The largest absolute Gasteiger partial charge is 0.302 e. The quantitative estimate of drug-likeness (QED) is 0.721. The minimum atomic E-state index is 0.107. The van der Waals surface area contributed by atoms with E-state index in [-0.39, 0.29) is 11.8 Å². The maximum atomic E-state index is 12.5. The first kappa shape index (κ1) is 19.1. The maximum Gasteiger partial charge on any atom is 0.229 e. The van der Waals surface area contributed by atoms with Crippen LogP contribution in [0.5, 0.6) is 0 Å². The van der Waals surface area contributed by atoms with Crippen molar-refractivity contribution in [2.75, 3.05) is 11.9 Å². The molecule has 0 spiro atoms. The van der Waals surface area contributed by atoms with E-state index in [0.29, 0.717) is 0 Å². The summed E-state index contributed by atoms with van der Waals surface area (Å²) in [5, 5.41) is 5.84. The third-order valence-electron chi connectivity index (χ3n) is 5.02. The van der Waals surface area contributed by atoms with E-state index in [9.17, 15) is 4.79 Å². The van der Waals surface area contributed by atoms with Gasteiger partial charge in [-0.15, -0.1) is 11.3 Å². The normalized spacial score (nSPS) is 14.4. The number of nitrogens with one attached hydrogen (secondary N) is 1. The number of hydrogen-bond donors (Lipinski definition) is 1. The molecule has 0 saturated carbocycles. The van der Waals surface area contributed by atoms with Gasteiger partial charge in [-0.05, 0) is 30.4 Å². The molecule has 4 nitrogen and oxygen atoms in total. The molecule has 0 unspecified atom stereocenters. The van der Waals surface area contributed by atoms with E-state index >= 15 is 0 Å². The second-order valence-electron chi connectivity index (χ2n) is 7.14. The van der Waals surface area contributed by atoms with Gasteiger partial charge in [0.2, 0.25) is 5.91 Å². The van der Waals surface area contributed by atoms with Crippen molar-refractivity contribution in [3.05, 3.63) is 46.5 Å². The number of carbonyl (C=O) groups is 1. The van der Waals surface area contributed by atoms with Crippen molar-refractivity contribution in [1.82, 2.24) is 9.88 Å². The Morgan fingerprint density at radius 3 is 2.69 bits per heavy atom. The molecule has 1 aromatic heterocycles. The Kier molecular flexibility index (Phi) is 6.80. The first-order valence-electron chi connectivity index (χ1n) is 9.74. The van der Waals surface area contributed by atoms with E-state index < -0.39 is 0 Å². The van der Waals surface area contributed by atoms with Gasteiger partial charge in [0.1, 0.15) is 0 Å². The average Bonchev–Trinajstić information content (AvgIpc) is 3.08. The monoisotopic (exact) mass is 371 g/mol. The van der Waals surface area contributed by atoms with Crippen LogP contribution in [0.25, 0.3) is 0 Å². The molecule has 1 aliphatic heterocycles. The molecule has 2 aromatic rings. The summed E-state index contributed by atoms with van der Waals surface area (Å²) >= 11 is 1.54. The number of carbonyl (C=O) groups excluding carboxylic acids is 1. The zero-order valence-electron chi connectivity index (χ0n) is 15.8. The van der Waals surface area contributed by atoms with Crippen LogP contribution < -0.4 is 5.32 Å². The molecule has 0 radical (unpaired) electrons. The van der Waals surface area contributed by atoms with Crippen molar-refractivity contribution in [3.8, 4) is 0 Å². The summed E-state index contributed by atoms with van der Waals surface area (Å²) in [6.45, 7) is 7.15. The van der Waals surface area contributed by atoms with Crippen molar-refractivity contribution in [2.45, 2.75) is 59.0 Å². The molecule has 1 aromatic carbocycles. The zero-order valence-corrected chi connectivity index (χ0v) is 16.6. The number of hydrogen-bond acceptors (Lipinski definition) is 4. The first-order chi connectivity index (χ1) is 12.7. The molecule has 3 rings (SSSR count). The number of benzene rings is 1. The summed E-state index contributed by atoms with van der Waals surface area (Å²) in [4.78, 5) is 19.6. The minimum absolute atomic E-state index is 0.107. The predicted octanol–water partition coefficient (Wildman–Crippen LogP) is 4.86. The lowest BCUT2D eigenvalue weighted by Crippen LogP contribution is -2.30. The van der Waals surface area contributed by atoms with E-state index in [1.165, 1.54) is 22.5 Å². The standard InChI is InChI=1S/C21H29N3OS/c1-3-7-17(8-4-2)20(25)23-21-22-19(15-26-21)14-24-12-11-16-9-5-6-10-18(16)13-24/h5-6,9-10,15,17H,3-4,7-8,11-14H2,1-2H3,(H,22,23,25). The lowest BCUT2D eigenvalue weighted by atomic mass is 9.97. The van der Waals surface area contributed by atoms with Gasteiger partial charge in [-0.1, -0.05) is 51.0 Å². The number of anilines is 1. The second kappa shape index (κ2) is 9.28. The number of nitrogens with zero attached hydrogens (tertiary/aromatic N) is 2. The van der Waals surface area contributed by atoms with E-state index in [2.05, 4.69) is 58.7 Å². The highest BCUT2D eigenvalue weighted by molar-refractivity contribution is 7.13. The number of thiazole rings is 1. The fraction of sp³-hybridized carbons (Fsp3) is 0.524. The van der Waals surface area contributed by atoms with Crippen LogP contribution in [0.2, 0.25) is 0 Å². The van der Waals surface area contributed by atoms with Gasteiger partial charge < -0.3 is 5.32 Å². The average molecular weight is 372 g/mol. The zero-order chi connectivity index (χ0) is 18.4. The highest BCUT2D eigenvalue weighted by atomic mass is 32.1. The highest BCUT2D eigenvalue weighted by Gasteiger charge is 2.19. The molecule has 2 heterocycles. The molecule has 5 heteroatoms. The fourth-order valence-corrected chi connectivity index (χ4v) is 4.37. The molecule has 0 saturated heterocycles. The molecule has 1 N–H and O–H groups in total. The van der Waals surface area contributed by atoms with Crippen LogP contribution in [0.1, 0.15) is 56.4 Å². The molecule has 0 fully saturated rings. The van der Waals surface area contributed by atoms with Gasteiger partial charge in [-0.2, -0.15) is 0 Å². The summed E-state index contributed by atoms with van der Waals surface area (Å²) < 4.78 is 0. The van der Waals surface area contributed by atoms with E-state index in [0.717, 1.165) is 62.6 Å². The second-order valence-corrected chi connectivity index (χ2v) is 7.99. The van der Waals surface area contributed by atoms with Gasteiger partial charge in [-0.3, -0.25) is 9.69 Å². The van der Waals surface area contributed by atoms with Gasteiger partial charge >= 0.3 is 0 Å². The summed E-state index contributed by atoms with van der Waals surface area (Å²) in [5.41, 5.74) is 3.93. The molecule has 1 amide bonds. The SMILES string of the molecule is CCCC(CCC)C(=O)Nc1nc(CN2CCc3ccccc3C2)cs1. The Morgan fingerprint density at radius 2 is 1.96 bits per heavy atom. The molecule has 0 aliphatic carbocycles. The van der Waals surface area contributed by atoms with Crippen molar-refractivity contribution in [3.63, 3.8) is 0 Å². The Labute approximate surface area is 160 Å². The Morgan fingerprint density at radius 1 is 1.23 bits per heavy atom. The number of rotatable bonds is 8. The first-order valence-corrected chi connectivity index (χ1v) is 10.6. The minimum Gasteiger partial charge on any atom is -0.302 e. The summed E-state index contributed by atoms with van der Waals surface area (Å²) in [6, 6.07) is 8.68. The van der Waals surface area contributed by atoms with Crippen molar-refractivity contribution < 1.29 is 4.79 Å². The van der Waals surface area contributed by atoms with Gasteiger partial charge in [0.25, 0.3) is 0 Å². The lowest BCUT2D eigenvalue weighted by molar-refractivity contribution is -0.120. The number of fused-ring (bicyclic) bond motifs is 1. The number of amides is 1. The van der Waals surface area contributed by atoms with Crippen LogP contribution in [0.15, 0.2) is 29.6 Å². The van der Waals surface area contributed by atoms with E-state index in [4.69, 9.17) is 0 Å². The summed E-state index contributed by atoms with van der Waals surface area (Å²) in [5.74, 6) is 0.234. The lowest BCUT2D eigenvalue weighted by Gasteiger charge is -2.27. The fourth-order valence-electron chi connectivity index (χ4n) is 3.67. The van der Waals surface area contributed by atoms with Crippen molar-refractivity contribution >= 4 is 22.4 Å². The molecular formula is C21H29N3OS. The van der Waals surface area contributed by atoms with Crippen LogP contribution in [-0.2, 0) is 24.3 Å². The van der Waals surface area contributed by atoms with Crippen LogP contribution in [0.3, 0.4) is 0 Å². The maximum absolute atomic E-state index is 12.5. The summed E-state index contributed by atoms with van der Waals surface area (Å²) in [6.07, 6.45) is 5.07. The van der Waals surface area contributed by atoms with Gasteiger partial charge in [0.05, 0.1) is 5.69 Å². The van der Waals surface area contributed by atoms with Crippen molar-refractivity contribution in [2.24, 2.45) is 5.92 Å². The van der Waals surface area contributed by atoms with E-state index in [1.807, 2.05) is 0 Å². The predicted molar refractivity (Wildman–Crippen MR) is 108 cm³/mol. The van der Waals surface area contributed by atoms with Crippen LogP contribution in [0.4, 0.5) is 5.13 Å². The Hall–Kier alpha value is -1.72. The summed E-state index contributed by atoms with van der Waals surface area (Å²) in [7, 11) is 0. The molecule has 0 atom stereocenters. The van der Waals surface area contributed by atoms with Gasteiger partial charge in [-0.25, -0.2) is 4.98 Å². The third-order valence-corrected chi connectivity index (χ3v) is 5.83. The Balaban J connectivity index is 1.56.